The Bertz CT molecular complexity index is 550. The van der Waals surface area contributed by atoms with Gasteiger partial charge in [0, 0.05) is 42.5 Å². The van der Waals surface area contributed by atoms with E-state index in [0.29, 0.717) is 18.6 Å². The number of aromatic nitrogens is 1. The van der Waals surface area contributed by atoms with Gasteiger partial charge in [-0.25, -0.2) is 9.98 Å². The minimum absolute atomic E-state index is 0.103. The lowest BCUT2D eigenvalue weighted by molar-refractivity contribution is 0.167. The van der Waals surface area contributed by atoms with Gasteiger partial charge in [0.05, 0.1) is 12.2 Å². The predicted molar refractivity (Wildman–Crippen MR) is 108 cm³/mol. The molecule has 0 saturated carbocycles. The Balaban J connectivity index is 1.91. The van der Waals surface area contributed by atoms with Crippen LogP contribution in [0, 0.1) is 0 Å². The van der Waals surface area contributed by atoms with E-state index in [1.807, 2.05) is 0 Å². The van der Waals surface area contributed by atoms with E-state index in [2.05, 4.69) is 62.5 Å². The molecule has 1 saturated heterocycles. The van der Waals surface area contributed by atoms with Crippen molar-refractivity contribution in [3.63, 3.8) is 0 Å². The van der Waals surface area contributed by atoms with Gasteiger partial charge in [0.25, 0.3) is 0 Å². The molecule has 0 bridgehead atoms. The molecule has 0 radical (unpaired) electrons. The van der Waals surface area contributed by atoms with E-state index in [9.17, 15) is 0 Å². The fourth-order valence-electron chi connectivity index (χ4n) is 2.95. The van der Waals surface area contributed by atoms with Crippen LogP contribution in [-0.4, -0.2) is 47.6 Å². The molecule has 1 aliphatic heterocycles. The highest BCUT2D eigenvalue weighted by atomic mass is 32.1. The quantitative estimate of drug-likeness (QED) is 0.620. The van der Waals surface area contributed by atoms with Crippen molar-refractivity contribution in [2.75, 3.05) is 19.6 Å². The standard InChI is InChI=1S/C19H35N5S/c1-7-20-18(22-15-8-10-24(11-9-15)14(2)3)21-12-17-23-16(13-25-17)19(4,5)6/h13-15H,7-12H2,1-6H3,(H2,20,21,22). The molecule has 1 aromatic heterocycles. The van der Waals surface area contributed by atoms with Crippen LogP contribution in [-0.2, 0) is 12.0 Å². The molecular formula is C19H35N5S. The third kappa shape index (κ3) is 6.26. The first-order valence-electron chi connectivity index (χ1n) is 9.53. The average molecular weight is 366 g/mol. The maximum absolute atomic E-state index is 4.76. The predicted octanol–water partition coefficient (Wildman–Crippen LogP) is 3.37. The van der Waals surface area contributed by atoms with E-state index >= 15 is 0 Å². The summed E-state index contributed by atoms with van der Waals surface area (Å²) < 4.78 is 0. The number of piperidine rings is 1. The Labute approximate surface area is 157 Å². The molecule has 0 spiro atoms. The molecule has 1 aliphatic rings. The number of guanidine groups is 1. The molecule has 2 rings (SSSR count). The van der Waals surface area contributed by atoms with Crippen molar-refractivity contribution < 1.29 is 0 Å². The molecule has 5 nitrogen and oxygen atoms in total. The van der Waals surface area contributed by atoms with Crippen molar-refractivity contribution in [1.82, 2.24) is 20.5 Å². The molecule has 2 N–H and O–H groups in total. The maximum atomic E-state index is 4.76. The topological polar surface area (TPSA) is 52.6 Å². The summed E-state index contributed by atoms with van der Waals surface area (Å²) in [5.41, 5.74) is 1.26. The van der Waals surface area contributed by atoms with Crippen molar-refractivity contribution in [1.29, 1.82) is 0 Å². The Hall–Kier alpha value is -1.14. The number of thiazole rings is 1. The molecule has 1 aromatic rings. The number of nitrogens with one attached hydrogen (secondary N) is 2. The van der Waals surface area contributed by atoms with Gasteiger partial charge in [-0.1, -0.05) is 20.8 Å². The number of likely N-dealkylation sites (tertiary alicyclic amines) is 1. The molecule has 0 amide bonds. The molecule has 0 aromatic carbocycles. The highest BCUT2D eigenvalue weighted by Gasteiger charge is 2.21. The number of rotatable bonds is 5. The molecule has 142 valence electrons. The molecule has 6 heteroatoms. The molecule has 0 aliphatic carbocycles. The van der Waals surface area contributed by atoms with Gasteiger partial charge in [-0.05, 0) is 33.6 Å². The highest BCUT2D eigenvalue weighted by molar-refractivity contribution is 7.09. The van der Waals surface area contributed by atoms with Crippen LogP contribution in [0.2, 0.25) is 0 Å². The third-order valence-corrected chi connectivity index (χ3v) is 5.47. The molecular weight excluding hydrogens is 330 g/mol. The normalized spacial score (nSPS) is 18.0. The Morgan fingerprint density at radius 1 is 1.36 bits per heavy atom. The summed E-state index contributed by atoms with van der Waals surface area (Å²) in [6.07, 6.45) is 2.35. The second kappa shape index (κ2) is 8.99. The SMILES string of the molecule is CCNC(=NCc1nc(C(C)(C)C)cs1)NC1CCN(C(C)C)CC1. The highest BCUT2D eigenvalue weighted by Crippen LogP contribution is 2.24. The zero-order valence-electron chi connectivity index (χ0n) is 16.7. The van der Waals surface area contributed by atoms with Gasteiger partial charge in [0.2, 0.25) is 0 Å². The minimum Gasteiger partial charge on any atom is -0.357 e. The summed E-state index contributed by atoms with van der Waals surface area (Å²) in [4.78, 5) is 12.0. The Morgan fingerprint density at radius 3 is 2.56 bits per heavy atom. The van der Waals surface area contributed by atoms with Crippen LogP contribution in [0.4, 0.5) is 0 Å². The lowest BCUT2D eigenvalue weighted by atomic mass is 9.93. The van der Waals surface area contributed by atoms with Gasteiger partial charge in [-0.3, -0.25) is 0 Å². The first kappa shape index (κ1) is 20.2. The van der Waals surface area contributed by atoms with E-state index in [-0.39, 0.29) is 5.41 Å². The van der Waals surface area contributed by atoms with E-state index in [4.69, 9.17) is 9.98 Å². The van der Waals surface area contributed by atoms with Crippen LogP contribution in [0.15, 0.2) is 10.4 Å². The lowest BCUT2D eigenvalue weighted by Gasteiger charge is -2.35. The number of aliphatic imine (C=N–C) groups is 1. The molecule has 25 heavy (non-hydrogen) atoms. The van der Waals surface area contributed by atoms with E-state index in [1.165, 1.54) is 12.8 Å². The van der Waals surface area contributed by atoms with E-state index in [0.717, 1.165) is 36.3 Å². The van der Waals surface area contributed by atoms with Crippen LogP contribution < -0.4 is 10.6 Å². The van der Waals surface area contributed by atoms with Gasteiger partial charge in [-0.2, -0.15) is 0 Å². The van der Waals surface area contributed by atoms with Crippen molar-refractivity contribution >= 4 is 17.3 Å². The maximum Gasteiger partial charge on any atom is 0.191 e. The largest absolute Gasteiger partial charge is 0.357 e. The fraction of sp³-hybridized carbons (Fsp3) is 0.789. The van der Waals surface area contributed by atoms with Crippen LogP contribution in [0.3, 0.4) is 0 Å². The van der Waals surface area contributed by atoms with Gasteiger partial charge in [-0.15, -0.1) is 11.3 Å². The van der Waals surface area contributed by atoms with Crippen LogP contribution >= 0.6 is 11.3 Å². The molecule has 2 heterocycles. The van der Waals surface area contributed by atoms with Crippen LogP contribution in [0.25, 0.3) is 0 Å². The van der Waals surface area contributed by atoms with Gasteiger partial charge in [0.1, 0.15) is 5.01 Å². The van der Waals surface area contributed by atoms with Gasteiger partial charge in [0.15, 0.2) is 5.96 Å². The third-order valence-electron chi connectivity index (χ3n) is 4.64. The fourth-order valence-corrected chi connectivity index (χ4v) is 3.89. The zero-order valence-corrected chi connectivity index (χ0v) is 17.5. The number of hydrogen-bond donors (Lipinski definition) is 2. The number of nitrogens with zero attached hydrogens (tertiary/aromatic N) is 3. The second-order valence-electron chi connectivity index (χ2n) is 8.12. The summed E-state index contributed by atoms with van der Waals surface area (Å²) in [5, 5.41) is 10.2. The summed E-state index contributed by atoms with van der Waals surface area (Å²) in [6.45, 7) is 17.1. The van der Waals surface area contributed by atoms with E-state index in [1.54, 1.807) is 11.3 Å². The Morgan fingerprint density at radius 2 is 2.04 bits per heavy atom. The van der Waals surface area contributed by atoms with Crippen molar-refractivity contribution in [3.05, 3.63) is 16.1 Å². The monoisotopic (exact) mass is 365 g/mol. The van der Waals surface area contributed by atoms with E-state index < -0.39 is 0 Å². The number of hydrogen-bond acceptors (Lipinski definition) is 4. The summed E-state index contributed by atoms with van der Waals surface area (Å²) in [5.74, 6) is 0.915. The van der Waals surface area contributed by atoms with Crippen molar-refractivity contribution in [2.24, 2.45) is 4.99 Å². The molecule has 1 fully saturated rings. The second-order valence-corrected chi connectivity index (χ2v) is 9.06. The summed E-state index contributed by atoms with van der Waals surface area (Å²) in [6, 6.07) is 1.15. The van der Waals surface area contributed by atoms with Crippen LogP contribution in [0.5, 0.6) is 0 Å². The minimum atomic E-state index is 0.103. The summed E-state index contributed by atoms with van der Waals surface area (Å²) in [7, 11) is 0. The molecule has 0 atom stereocenters. The zero-order chi connectivity index (χ0) is 18.4. The summed E-state index contributed by atoms with van der Waals surface area (Å²) >= 11 is 1.71. The lowest BCUT2D eigenvalue weighted by Crippen LogP contribution is -2.49. The molecule has 0 unspecified atom stereocenters. The van der Waals surface area contributed by atoms with Gasteiger partial charge < -0.3 is 15.5 Å². The average Bonchev–Trinajstić information content (AvgIpc) is 3.02. The first-order valence-corrected chi connectivity index (χ1v) is 10.4. The first-order chi connectivity index (χ1) is 11.8. The Kier molecular flexibility index (Phi) is 7.25. The van der Waals surface area contributed by atoms with Gasteiger partial charge >= 0.3 is 0 Å². The van der Waals surface area contributed by atoms with Crippen molar-refractivity contribution in [3.8, 4) is 0 Å². The smallest absolute Gasteiger partial charge is 0.191 e. The van der Waals surface area contributed by atoms with Crippen LogP contribution in [0.1, 0.15) is 65.1 Å². The van der Waals surface area contributed by atoms with Crippen molar-refractivity contribution in [2.45, 2.75) is 78.4 Å².